The van der Waals surface area contributed by atoms with Crippen molar-refractivity contribution in [1.82, 2.24) is 19.9 Å². The maximum atomic E-state index is 10.5. The average Bonchev–Trinajstić information content (AvgIpc) is 4.06. The smallest absolute Gasteiger partial charge is 0.162 e. The Morgan fingerprint density at radius 1 is 0.413 bits per heavy atom. The van der Waals surface area contributed by atoms with E-state index in [-0.39, 0.29) is 21.7 Å². The van der Waals surface area contributed by atoms with Crippen LogP contribution in [0.5, 0.6) is 0 Å². The molecule has 6 nitrogen and oxygen atoms in total. The van der Waals surface area contributed by atoms with Gasteiger partial charge < -0.3 is 9.97 Å². The van der Waals surface area contributed by atoms with Gasteiger partial charge in [-0.3, -0.25) is 0 Å². The molecule has 2 aliphatic rings. The van der Waals surface area contributed by atoms with Crippen molar-refractivity contribution in [3.05, 3.63) is 142 Å². The van der Waals surface area contributed by atoms with Crippen molar-refractivity contribution in [3.63, 3.8) is 0 Å². The molecule has 0 saturated carbocycles. The summed E-state index contributed by atoms with van der Waals surface area (Å²) in [7, 11) is 0. The van der Waals surface area contributed by atoms with E-state index in [0.717, 1.165) is 67.0 Å². The van der Waals surface area contributed by atoms with Gasteiger partial charge in [0.2, 0.25) is 0 Å². The number of hydrogen-bond donors (Lipinski definition) is 2. The monoisotopic (exact) mass is 826 g/mol. The first-order valence-corrected chi connectivity index (χ1v) is 22.0. The summed E-state index contributed by atoms with van der Waals surface area (Å²) in [6.07, 6.45) is 8.21. The quantitative estimate of drug-likeness (QED) is 0.184. The van der Waals surface area contributed by atoms with E-state index in [1.165, 1.54) is 22.3 Å². The molecule has 0 amide bonds. The summed E-state index contributed by atoms with van der Waals surface area (Å²) < 4.78 is 0. The summed E-state index contributed by atoms with van der Waals surface area (Å²) in [4.78, 5) is 18.5. The van der Waals surface area contributed by atoms with Crippen molar-refractivity contribution in [2.75, 3.05) is 0 Å². The number of nitrogens with one attached hydrogen (secondary N) is 2. The fourth-order valence-corrected chi connectivity index (χ4v) is 8.48. The molecule has 3 aromatic heterocycles. The van der Waals surface area contributed by atoms with E-state index < -0.39 is 5.92 Å². The predicted octanol–water partition coefficient (Wildman–Crippen LogP) is 15.0. The number of aromatic amines is 2. The van der Waals surface area contributed by atoms with E-state index in [1.807, 2.05) is 24.3 Å². The van der Waals surface area contributed by atoms with Gasteiger partial charge in [0.25, 0.3) is 0 Å². The van der Waals surface area contributed by atoms with Crippen LogP contribution in [0.15, 0.2) is 91.0 Å². The van der Waals surface area contributed by atoms with Crippen LogP contribution in [0.25, 0.3) is 79.8 Å². The Morgan fingerprint density at radius 2 is 0.746 bits per heavy atom. The lowest BCUT2D eigenvalue weighted by Gasteiger charge is -2.26. The number of fused-ring (bicyclic) bond motifs is 8. The summed E-state index contributed by atoms with van der Waals surface area (Å²) in [5.74, 6) is -1.08. The summed E-state index contributed by atoms with van der Waals surface area (Å²) in [6, 6.07) is 37.2. The zero-order chi connectivity index (χ0) is 45.2. The second-order valence-corrected chi connectivity index (χ2v) is 21.2. The highest BCUT2D eigenvalue weighted by Crippen LogP contribution is 2.42. The Morgan fingerprint density at radius 3 is 1.13 bits per heavy atom. The van der Waals surface area contributed by atoms with Crippen LogP contribution in [-0.2, 0) is 21.7 Å². The molecule has 8 bridgehead atoms. The third-order valence-electron chi connectivity index (χ3n) is 12.3. The van der Waals surface area contributed by atoms with E-state index in [0.29, 0.717) is 16.8 Å². The first-order chi connectivity index (χ1) is 29.6. The third-order valence-corrected chi connectivity index (χ3v) is 12.3. The summed E-state index contributed by atoms with van der Waals surface area (Å²) in [5, 5.41) is 21.1. The Balaban J connectivity index is 1.59. The minimum atomic E-state index is -1.08. The number of benzene rings is 3. The van der Waals surface area contributed by atoms with E-state index in [4.69, 9.17) is 9.97 Å². The molecule has 0 aliphatic carbocycles. The zero-order valence-electron chi connectivity index (χ0n) is 38.8. The molecule has 63 heavy (non-hydrogen) atoms. The van der Waals surface area contributed by atoms with Crippen molar-refractivity contribution in [3.8, 4) is 45.5 Å². The molecular weight excluding hydrogens is 769 g/mol. The molecule has 0 fully saturated rings. The van der Waals surface area contributed by atoms with Gasteiger partial charge in [-0.25, -0.2) is 9.97 Å². The lowest BCUT2D eigenvalue weighted by atomic mass is 9.78. The lowest BCUT2D eigenvalue weighted by Crippen LogP contribution is -2.16. The van der Waals surface area contributed by atoms with E-state index in [1.54, 1.807) is 0 Å². The Hall–Kier alpha value is -6.76. The van der Waals surface area contributed by atoms with Gasteiger partial charge in [-0.15, -0.1) is 0 Å². The van der Waals surface area contributed by atoms with E-state index in [9.17, 15) is 10.5 Å². The number of nitrogens with zero attached hydrogens (tertiary/aromatic N) is 4. The van der Waals surface area contributed by atoms with Crippen molar-refractivity contribution < 1.29 is 0 Å². The topological polar surface area (TPSA) is 105 Å². The highest BCUT2D eigenvalue weighted by molar-refractivity contribution is 5.98. The number of H-pyrrole nitrogens is 2. The van der Waals surface area contributed by atoms with Gasteiger partial charge in [-0.2, -0.15) is 10.5 Å². The molecule has 316 valence electrons. The highest BCUT2D eigenvalue weighted by atomic mass is 14.8. The second kappa shape index (κ2) is 15.5. The summed E-state index contributed by atoms with van der Waals surface area (Å²) in [6.45, 7) is 27.0. The number of rotatable bonds is 4. The molecule has 0 unspecified atom stereocenters. The molecule has 6 aromatic rings. The van der Waals surface area contributed by atoms with Gasteiger partial charge >= 0.3 is 0 Å². The SMILES string of the molecule is CC(C)(C)c1cc(-c2c3nc(c(C(C#N)C#N)c4ccc([nH]4)c(-c4cc(C(C)(C)C)cc(C(C)(C)C)c4)c4nc(c(-c5ccccc5)c5ccc2[nH]5)C=C4)C=C3)cc(C(C)(C)C)c1. The van der Waals surface area contributed by atoms with E-state index >= 15 is 0 Å². The molecule has 3 aromatic carbocycles. The molecule has 5 heterocycles. The molecular formula is C57H58N6. The number of hydrogen-bond acceptors (Lipinski definition) is 4. The maximum absolute atomic E-state index is 10.5. The third kappa shape index (κ3) is 8.31. The van der Waals surface area contributed by atoms with Crippen LogP contribution < -0.4 is 0 Å². The Labute approximate surface area is 373 Å². The van der Waals surface area contributed by atoms with Crippen molar-refractivity contribution in [2.45, 2.75) is 111 Å². The van der Waals surface area contributed by atoms with Gasteiger partial charge in [-0.05, 0) is 109 Å². The minimum absolute atomic E-state index is 0.118. The Kier molecular flexibility index (Phi) is 10.6. The highest BCUT2D eigenvalue weighted by Gasteiger charge is 2.27. The van der Waals surface area contributed by atoms with Crippen LogP contribution >= 0.6 is 0 Å². The zero-order valence-corrected chi connectivity index (χ0v) is 38.8. The molecule has 8 rings (SSSR count). The van der Waals surface area contributed by atoms with Gasteiger partial charge in [-0.1, -0.05) is 150 Å². The van der Waals surface area contributed by atoms with Crippen LogP contribution in [0.2, 0.25) is 0 Å². The fraction of sp³-hybridized carbons (Fsp3) is 0.298. The van der Waals surface area contributed by atoms with Gasteiger partial charge in [0.1, 0.15) is 0 Å². The molecule has 0 spiro atoms. The maximum Gasteiger partial charge on any atom is 0.162 e. The van der Waals surface area contributed by atoms with Crippen LogP contribution in [0.1, 0.15) is 140 Å². The summed E-state index contributed by atoms with van der Waals surface area (Å²) in [5.41, 5.74) is 17.2. The molecule has 0 saturated heterocycles. The standard InChI is InChI=1S/C57H58N6/c1-54(2,3)38-26-35(27-39(30-38)55(4,5)6)51-44-20-18-42(60-44)50(34-16-14-13-15-17-34)43-19-21-45(61-43)52(36-28-40(56(7,8)9)31-41(29-36)57(10,11)12)47-23-25-49(63-47)53(37(32-58)33-59)48-24-22-46(51)62-48/h13-31,37,60,63H,1-12H3. The number of nitriles is 2. The average molecular weight is 827 g/mol. The van der Waals surface area contributed by atoms with Gasteiger partial charge in [0.15, 0.2) is 5.92 Å². The normalized spacial score (nSPS) is 13.1. The van der Waals surface area contributed by atoms with Crippen molar-refractivity contribution in [1.29, 1.82) is 10.5 Å². The molecule has 6 heteroatoms. The van der Waals surface area contributed by atoms with Crippen LogP contribution in [0, 0.1) is 22.7 Å². The second-order valence-electron chi connectivity index (χ2n) is 21.2. The van der Waals surface area contributed by atoms with Crippen LogP contribution in [-0.4, -0.2) is 19.9 Å². The first kappa shape index (κ1) is 42.9. The Bertz CT molecular complexity index is 2960. The number of aromatic nitrogens is 4. The predicted molar refractivity (Wildman–Crippen MR) is 264 cm³/mol. The largest absolute Gasteiger partial charge is 0.355 e. The van der Waals surface area contributed by atoms with Crippen molar-refractivity contribution in [2.24, 2.45) is 0 Å². The fourth-order valence-electron chi connectivity index (χ4n) is 8.48. The molecule has 2 aliphatic heterocycles. The van der Waals surface area contributed by atoms with Crippen LogP contribution in [0.3, 0.4) is 0 Å². The van der Waals surface area contributed by atoms with Crippen LogP contribution in [0.4, 0.5) is 0 Å². The van der Waals surface area contributed by atoms with Crippen molar-refractivity contribution >= 4 is 46.4 Å². The molecule has 2 N–H and O–H groups in total. The minimum Gasteiger partial charge on any atom is -0.355 e. The summed E-state index contributed by atoms with van der Waals surface area (Å²) >= 11 is 0. The first-order valence-electron chi connectivity index (χ1n) is 22.0. The molecule has 0 radical (unpaired) electrons. The lowest BCUT2D eigenvalue weighted by molar-refractivity contribution is 0.568. The van der Waals surface area contributed by atoms with Gasteiger partial charge in [0.05, 0.1) is 34.9 Å². The van der Waals surface area contributed by atoms with E-state index in [2.05, 4.69) is 196 Å². The molecule has 0 atom stereocenters. The van der Waals surface area contributed by atoms with Gasteiger partial charge in [0, 0.05) is 44.3 Å².